The Hall–Kier alpha value is -1.60. The summed E-state index contributed by atoms with van der Waals surface area (Å²) >= 11 is 0. The van der Waals surface area contributed by atoms with Crippen LogP contribution in [0.2, 0.25) is 0 Å². The fraction of sp³-hybridized carbons (Fsp3) is 0.556. The predicted octanol–water partition coefficient (Wildman–Crippen LogP) is -0.879. The minimum Gasteiger partial charge on any atom is -0.459 e. The molecule has 0 aromatic rings. The molecule has 13 heteroatoms. The van der Waals surface area contributed by atoms with Crippen molar-refractivity contribution in [3.8, 4) is 0 Å². The van der Waals surface area contributed by atoms with Gasteiger partial charge in [0.1, 0.15) is 13.2 Å². The maximum atomic E-state index is 13.3. The van der Waals surface area contributed by atoms with Gasteiger partial charge in [0, 0.05) is 5.57 Å². The number of carbonyl (C=O) groups excluding carboxylic acids is 2. The number of rotatable bonds is 8. The van der Waals surface area contributed by atoms with Crippen molar-refractivity contribution in [2.24, 2.45) is 0 Å². The number of hydrogen-bond donors (Lipinski definition) is 1. The van der Waals surface area contributed by atoms with Crippen LogP contribution in [0.15, 0.2) is 12.2 Å². The van der Waals surface area contributed by atoms with Gasteiger partial charge in [-0.05, 0) is 6.92 Å². The van der Waals surface area contributed by atoms with Crippen LogP contribution in [0, 0.1) is 0 Å². The van der Waals surface area contributed by atoms with Gasteiger partial charge in [-0.25, -0.2) is 26.4 Å². The molecule has 128 valence electrons. The second-order valence-corrected chi connectivity index (χ2v) is 7.66. The number of hydrogen-bond acceptors (Lipinski definition) is 8. The molecule has 0 aromatic heterocycles. The molecule has 0 spiro atoms. The monoisotopic (exact) mass is 365 g/mol. The van der Waals surface area contributed by atoms with Crippen LogP contribution in [0.4, 0.5) is 8.78 Å². The highest BCUT2D eigenvalue weighted by Gasteiger charge is 2.55. The van der Waals surface area contributed by atoms with Crippen LogP contribution >= 0.6 is 0 Å². The van der Waals surface area contributed by atoms with Gasteiger partial charge >= 0.3 is 27.2 Å². The Balaban J connectivity index is 4.71. The quantitative estimate of drug-likeness (QED) is 0.333. The van der Waals surface area contributed by atoms with Crippen molar-refractivity contribution in [1.29, 1.82) is 0 Å². The summed E-state index contributed by atoms with van der Waals surface area (Å²) in [4.78, 5) is 21.9. The summed E-state index contributed by atoms with van der Waals surface area (Å²) in [5.74, 6) is -3.39. The molecule has 0 aliphatic heterocycles. The van der Waals surface area contributed by atoms with E-state index < -0.39 is 50.5 Å². The molecule has 1 N–H and O–H groups in total. The highest BCUT2D eigenvalue weighted by atomic mass is 32.3. The smallest absolute Gasteiger partial charge is 0.455 e. The van der Waals surface area contributed by atoms with E-state index in [2.05, 4.69) is 16.1 Å². The van der Waals surface area contributed by atoms with E-state index in [9.17, 15) is 35.2 Å². The molecular formula is C9H13F2NO8S2. The number of esters is 2. The SMILES string of the molecule is C=C(C)C(=O)OCCOC(=O)C(F)(F)S(=O)(=O)NS(C)(=O)=O. The molecular weight excluding hydrogens is 352 g/mol. The lowest BCUT2D eigenvalue weighted by molar-refractivity contribution is -0.164. The summed E-state index contributed by atoms with van der Waals surface area (Å²) in [5.41, 5.74) is 0.0107. The van der Waals surface area contributed by atoms with Crippen LogP contribution in [0.3, 0.4) is 0 Å². The normalized spacial score (nSPS) is 12.5. The van der Waals surface area contributed by atoms with Gasteiger partial charge in [-0.1, -0.05) is 6.58 Å². The maximum Gasteiger partial charge on any atom is 0.455 e. The lowest BCUT2D eigenvalue weighted by Crippen LogP contribution is -2.48. The molecule has 0 saturated carbocycles. The number of halogens is 2. The van der Waals surface area contributed by atoms with Crippen LogP contribution < -0.4 is 4.13 Å². The number of sulfonamides is 2. The zero-order valence-corrected chi connectivity index (χ0v) is 13.1. The third-order valence-corrected chi connectivity index (χ3v) is 4.66. The Morgan fingerprint density at radius 3 is 2.00 bits per heavy atom. The predicted molar refractivity (Wildman–Crippen MR) is 68.6 cm³/mol. The minimum atomic E-state index is -5.85. The summed E-state index contributed by atoms with van der Waals surface area (Å²) in [6, 6.07) is 0. The molecule has 0 aliphatic rings. The molecule has 0 radical (unpaired) electrons. The van der Waals surface area contributed by atoms with E-state index in [1.807, 2.05) is 0 Å². The zero-order valence-electron chi connectivity index (χ0n) is 11.5. The second-order valence-electron chi connectivity index (χ2n) is 3.93. The molecule has 0 rings (SSSR count). The molecule has 0 bridgehead atoms. The maximum absolute atomic E-state index is 13.3. The standard InChI is InChI=1S/C9H13F2NO8S2/c1-6(2)7(13)19-4-5-20-8(14)9(10,11)22(17,18)12-21(3,15)16/h12H,1,4-5H2,2-3H3. The van der Waals surface area contributed by atoms with Crippen molar-refractivity contribution in [1.82, 2.24) is 4.13 Å². The average Bonchev–Trinajstić information content (AvgIpc) is 2.30. The first-order valence-corrected chi connectivity index (χ1v) is 8.69. The zero-order chi connectivity index (χ0) is 17.8. The fourth-order valence-electron chi connectivity index (χ4n) is 0.837. The first-order valence-electron chi connectivity index (χ1n) is 5.31. The third kappa shape index (κ3) is 6.03. The van der Waals surface area contributed by atoms with E-state index in [4.69, 9.17) is 0 Å². The fourth-order valence-corrected chi connectivity index (χ4v) is 3.13. The van der Waals surface area contributed by atoms with Gasteiger partial charge in [0.15, 0.2) is 0 Å². The van der Waals surface area contributed by atoms with Crippen LogP contribution in [0.5, 0.6) is 0 Å². The first-order chi connectivity index (χ1) is 9.71. The number of alkyl halides is 2. The Morgan fingerprint density at radius 2 is 1.59 bits per heavy atom. The topological polar surface area (TPSA) is 133 Å². The largest absolute Gasteiger partial charge is 0.459 e. The molecule has 0 fully saturated rings. The van der Waals surface area contributed by atoms with Gasteiger partial charge in [0.25, 0.3) is 0 Å². The average molecular weight is 365 g/mol. The van der Waals surface area contributed by atoms with E-state index in [1.54, 1.807) is 0 Å². The van der Waals surface area contributed by atoms with Crippen molar-refractivity contribution >= 4 is 32.0 Å². The summed E-state index contributed by atoms with van der Waals surface area (Å²) in [5, 5.41) is -5.14. The Morgan fingerprint density at radius 1 is 1.14 bits per heavy atom. The van der Waals surface area contributed by atoms with E-state index in [0.29, 0.717) is 10.4 Å². The van der Waals surface area contributed by atoms with Gasteiger partial charge < -0.3 is 9.47 Å². The molecule has 0 saturated heterocycles. The van der Waals surface area contributed by atoms with E-state index in [1.165, 1.54) is 6.92 Å². The molecule has 0 aromatic carbocycles. The molecule has 0 unspecified atom stereocenters. The van der Waals surface area contributed by atoms with Crippen molar-refractivity contribution in [3.63, 3.8) is 0 Å². The van der Waals surface area contributed by atoms with Gasteiger partial charge in [-0.15, -0.1) is 4.13 Å². The summed E-state index contributed by atoms with van der Waals surface area (Å²) in [7, 11) is -10.4. The lowest BCUT2D eigenvalue weighted by Gasteiger charge is -2.15. The Bertz CT molecular complexity index is 668. The van der Waals surface area contributed by atoms with Crippen LogP contribution in [-0.2, 0) is 39.1 Å². The van der Waals surface area contributed by atoms with E-state index in [-0.39, 0.29) is 5.57 Å². The van der Waals surface area contributed by atoms with E-state index >= 15 is 0 Å². The molecule has 0 heterocycles. The highest BCUT2D eigenvalue weighted by Crippen LogP contribution is 2.22. The van der Waals surface area contributed by atoms with Crippen molar-refractivity contribution in [2.45, 2.75) is 12.2 Å². The van der Waals surface area contributed by atoms with Crippen LogP contribution in [0.1, 0.15) is 6.92 Å². The number of nitrogens with one attached hydrogen (secondary N) is 1. The first kappa shape index (κ1) is 20.4. The molecule has 22 heavy (non-hydrogen) atoms. The van der Waals surface area contributed by atoms with Crippen molar-refractivity contribution in [2.75, 3.05) is 19.5 Å². The van der Waals surface area contributed by atoms with E-state index in [0.717, 1.165) is 0 Å². The van der Waals surface area contributed by atoms with Crippen molar-refractivity contribution < 1.29 is 44.7 Å². The lowest BCUT2D eigenvalue weighted by atomic mass is 10.4. The molecule has 0 aliphatic carbocycles. The van der Waals surface area contributed by atoms with Crippen molar-refractivity contribution in [3.05, 3.63) is 12.2 Å². The number of carbonyl (C=O) groups is 2. The molecule has 0 amide bonds. The van der Waals surface area contributed by atoms with Gasteiger partial charge in [0.05, 0.1) is 6.26 Å². The van der Waals surface area contributed by atoms with Gasteiger partial charge in [-0.2, -0.15) is 8.78 Å². The Kier molecular flexibility index (Phi) is 6.59. The Labute approximate surface area is 125 Å². The number of ether oxygens (including phenoxy) is 2. The third-order valence-electron chi connectivity index (χ3n) is 1.73. The summed E-state index contributed by atoms with van der Waals surface area (Å²) in [6.07, 6.45) is 0.309. The van der Waals surface area contributed by atoms with Crippen LogP contribution in [-0.4, -0.2) is 53.5 Å². The molecule has 9 nitrogen and oxygen atoms in total. The molecule has 0 atom stereocenters. The minimum absolute atomic E-state index is 0.0107. The van der Waals surface area contributed by atoms with Gasteiger partial charge in [-0.3, -0.25) is 0 Å². The van der Waals surface area contributed by atoms with Gasteiger partial charge in [0.2, 0.25) is 10.0 Å². The van der Waals surface area contributed by atoms with Crippen LogP contribution in [0.25, 0.3) is 0 Å². The highest BCUT2D eigenvalue weighted by molar-refractivity contribution is 8.05. The summed E-state index contributed by atoms with van der Waals surface area (Å²) in [6.45, 7) is 3.06. The summed E-state index contributed by atoms with van der Waals surface area (Å²) < 4.78 is 79.2. The second kappa shape index (κ2) is 7.11.